The molecule has 0 spiro atoms. The van der Waals surface area contributed by atoms with Gasteiger partial charge in [-0.15, -0.1) is 0 Å². The van der Waals surface area contributed by atoms with Crippen molar-refractivity contribution in [2.45, 2.75) is 18.9 Å². The van der Waals surface area contributed by atoms with E-state index in [2.05, 4.69) is 52.1 Å². The lowest BCUT2D eigenvalue weighted by Gasteiger charge is -2.13. The van der Waals surface area contributed by atoms with E-state index in [1.54, 1.807) is 13.2 Å². The molecule has 0 aliphatic carbocycles. The predicted octanol–water partition coefficient (Wildman–Crippen LogP) is 5.88. The highest BCUT2D eigenvalue weighted by Crippen LogP contribution is 2.34. The van der Waals surface area contributed by atoms with Crippen molar-refractivity contribution in [3.05, 3.63) is 114 Å². The molecule has 1 aromatic heterocycles. The molecule has 1 fully saturated rings. The molecule has 4 nitrogen and oxygen atoms in total. The van der Waals surface area contributed by atoms with E-state index in [9.17, 15) is 4.79 Å². The van der Waals surface area contributed by atoms with Crippen LogP contribution in [0.3, 0.4) is 0 Å². The standard InChI is InChI=1S/C29H28N2O2/c1-33-25-11-7-8-22(18-25)19-31-21-27(26-12-5-6-13-28(26)31)24-14-16-30(20-24)17-15-29(32)23-9-3-2-4-10-23/h2-13,15,17-18,21,24H,14,16,19-20H2,1H3. The average molecular weight is 437 g/mol. The number of hydrogen-bond donors (Lipinski definition) is 0. The van der Waals surface area contributed by atoms with E-state index in [4.69, 9.17) is 4.74 Å². The highest BCUT2D eigenvalue weighted by molar-refractivity contribution is 6.04. The molecule has 1 aliphatic heterocycles. The SMILES string of the molecule is COc1cccc(Cn2cc(C3CCN(C=CC(=O)c4ccccc4)C3)c3ccccc32)c1. The van der Waals surface area contributed by atoms with Gasteiger partial charge in [0.15, 0.2) is 5.78 Å². The summed E-state index contributed by atoms with van der Waals surface area (Å²) in [5.41, 5.74) is 4.59. The maximum atomic E-state index is 12.4. The van der Waals surface area contributed by atoms with Crippen molar-refractivity contribution in [3.63, 3.8) is 0 Å². The normalized spacial score (nSPS) is 16.0. The van der Waals surface area contributed by atoms with Crippen LogP contribution in [0.1, 0.15) is 33.8 Å². The van der Waals surface area contributed by atoms with Gasteiger partial charge in [-0.25, -0.2) is 0 Å². The number of fused-ring (bicyclic) bond motifs is 1. The number of para-hydroxylation sites is 1. The number of benzene rings is 3. The van der Waals surface area contributed by atoms with Crippen LogP contribution in [0.25, 0.3) is 10.9 Å². The second kappa shape index (κ2) is 9.37. The van der Waals surface area contributed by atoms with Crippen LogP contribution in [0.5, 0.6) is 5.75 Å². The summed E-state index contributed by atoms with van der Waals surface area (Å²) in [6.07, 6.45) is 7.06. The lowest BCUT2D eigenvalue weighted by atomic mass is 9.98. The zero-order chi connectivity index (χ0) is 22.6. The van der Waals surface area contributed by atoms with Gasteiger partial charge in [0.2, 0.25) is 0 Å². The maximum absolute atomic E-state index is 12.4. The number of aromatic nitrogens is 1. The number of allylic oxidation sites excluding steroid dienone is 1. The molecule has 1 atom stereocenters. The molecule has 2 heterocycles. The fraction of sp³-hybridized carbons (Fsp3) is 0.207. The summed E-state index contributed by atoms with van der Waals surface area (Å²) < 4.78 is 7.75. The predicted molar refractivity (Wildman–Crippen MR) is 133 cm³/mol. The Morgan fingerprint density at radius 3 is 2.70 bits per heavy atom. The minimum Gasteiger partial charge on any atom is -0.497 e. The van der Waals surface area contributed by atoms with Crippen LogP contribution < -0.4 is 4.74 Å². The van der Waals surface area contributed by atoms with Crippen LogP contribution >= 0.6 is 0 Å². The fourth-order valence-electron chi connectivity index (χ4n) is 4.75. The van der Waals surface area contributed by atoms with Gasteiger partial charge in [0, 0.05) is 60.5 Å². The van der Waals surface area contributed by atoms with E-state index in [0.717, 1.165) is 37.4 Å². The van der Waals surface area contributed by atoms with Gasteiger partial charge in [-0.1, -0.05) is 60.7 Å². The van der Waals surface area contributed by atoms with Gasteiger partial charge in [0.25, 0.3) is 0 Å². The number of likely N-dealkylation sites (tertiary alicyclic amines) is 1. The summed E-state index contributed by atoms with van der Waals surface area (Å²) in [7, 11) is 1.70. The van der Waals surface area contributed by atoms with Gasteiger partial charge in [0.1, 0.15) is 5.75 Å². The first-order chi connectivity index (χ1) is 16.2. The number of hydrogen-bond acceptors (Lipinski definition) is 3. The van der Waals surface area contributed by atoms with Crippen molar-refractivity contribution in [2.24, 2.45) is 0 Å². The van der Waals surface area contributed by atoms with E-state index < -0.39 is 0 Å². The zero-order valence-corrected chi connectivity index (χ0v) is 18.9. The molecule has 5 rings (SSSR count). The highest BCUT2D eigenvalue weighted by Gasteiger charge is 2.25. The monoisotopic (exact) mass is 436 g/mol. The van der Waals surface area contributed by atoms with Crippen LogP contribution in [-0.4, -0.2) is 35.4 Å². The number of methoxy groups -OCH3 is 1. The summed E-state index contributed by atoms with van der Waals surface area (Å²) in [5, 5.41) is 1.32. The fourth-order valence-corrected chi connectivity index (χ4v) is 4.75. The van der Waals surface area contributed by atoms with Crippen LogP contribution in [0, 0.1) is 0 Å². The topological polar surface area (TPSA) is 34.5 Å². The van der Waals surface area contributed by atoms with Crippen LogP contribution in [-0.2, 0) is 6.54 Å². The molecule has 1 aliphatic rings. The Kier molecular flexibility index (Phi) is 5.99. The Hall–Kier alpha value is -3.79. The first kappa shape index (κ1) is 21.1. The first-order valence-electron chi connectivity index (χ1n) is 11.4. The molecule has 0 radical (unpaired) electrons. The number of carbonyl (C=O) groups is 1. The van der Waals surface area contributed by atoms with E-state index in [-0.39, 0.29) is 5.78 Å². The number of ketones is 1. The van der Waals surface area contributed by atoms with E-state index >= 15 is 0 Å². The maximum Gasteiger partial charge on any atom is 0.187 e. The third-order valence-electron chi connectivity index (χ3n) is 6.46. The quantitative estimate of drug-likeness (QED) is 0.268. The number of ether oxygens (including phenoxy) is 1. The van der Waals surface area contributed by atoms with Crippen molar-refractivity contribution in [1.29, 1.82) is 0 Å². The van der Waals surface area contributed by atoms with E-state index in [0.29, 0.717) is 5.92 Å². The minimum atomic E-state index is 0.0499. The third kappa shape index (κ3) is 4.56. The summed E-state index contributed by atoms with van der Waals surface area (Å²) >= 11 is 0. The molecule has 1 saturated heterocycles. The molecule has 0 saturated carbocycles. The Bertz CT molecular complexity index is 1290. The smallest absolute Gasteiger partial charge is 0.187 e. The molecule has 0 bridgehead atoms. The van der Waals surface area contributed by atoms with E-state index in [1.807, 2.05) is 48.7 Å². The van der Waals surface area contributed by atoms with Crippen molar-refractivity contribution < 1.29 is 9.53 Å². The molecular formula is C29H28N2O2. The molecule has 4 aromatic rings. The summed E-state index contributed by atoms with van der Waals surface area (Å²) in [5.74, 6) is 1.37. The Balaban J connectivity index is 1.35. The van der Waals surface area contributed by atoms with Gasteiger partial charge >= 0.3 is 0 Å². The summed E-state index contributed by atoms with van der Waals surface area (Å²) in [6, 6.07) is 26.3. The molecule has 0 amide bonds. The lowest BCUT2D eigenvalue weighted by molar-refractivity contribution is 0.104. The second-order valence-corrected chi connectivity index (χ2v) is 8.61. The van der Waals surface area contributed by atoms with Crippen LogP contribution in [0.4, 0.5) is 0 Å². The largest absolute Gasteiger partial charge is 0.497 e. The number of nitrogens with zero attached hydrogens (tertiary/aromatic N) is 2. The molecule has 3 aromatic carbocycles. The lowest BCUT2D eigenvalue weighted by Crippen LogP contribution is -2.13. The van der Waals surface area contributed by atoms with Crippen molar-refractivity contribution in [1.82, 2.24) is 9.47 Å². The van der Waals surface area contributed by atoms with Gasteiger partial charge < -0.3 is 14.2 Å². The number of rotatable bonds is 7. The third-order valence-corrected chi connectivity index (χ3v) is 6.46. The van der Waals surface area contributed by atoms with Gasteiger partial charge in [-0.3, -0.25) is 4.79 Å². The van der Waals surface area contributed by atoms with Crippen LogP contribution in [0.2, 0.25) is 0 Å². The first-order valence-corrected chi connectivity index (χ1v) is 11.4. The van der Waals surface area contributed by atoms with Gasteiger partial charge in [0.05, 0.1) is 7.11 Å². The number of carbonyl (C=O) groups excluding carboxylic acids is 1. The summed E-state index contributed by atoms with van der Waals surface area (Å²) in [6.45, 7) is 2.68. The molecular weight excluding hydrogens is 408 g/mol. The van der Waals surface area contributed by atoms with Gasteiger partial charge in [-0.2, -0.15) is 0 Å². The molecule has 0 N–H and O–H groups in total. The van der Waals surface area contributed by atoms with E-state index in [1.165, 1.54) is 22.0 Å². The summed E-state index contributed by atoms with van der Waals surface area (Å²) in [4.78, 5) is 14.7. The Morgan fingerprint density at radius 1 is 1.03 bits per heavy atom. The van der Waals surface area contributed by atoms with Gasteiger partial charge in [-0.05, 0) is 35.7 Å². The minimum absolute atomic E-state index is 0.0499. The van der Waals surface area contributed by atoms with Crippen molar-refractivity contribution >= 4 is 16.7 Å². The average Bonchev–Trinajstić information content (AvgIpc) is 3.48. The van der Waals surface area contributed by atoms with Crippen molar-refractivity contribution in [2.75, 3.05) is 20.2 Å². The molecule has 166 valence electrons. The molecule has 1 unspecified atom stereocenters. The Morgan fingerprint density at radius 2 is 1.85 bits per heavy atom. The Labute approximate surface area is 194 Å². The van der Waals surface area contributed by atoms with Crippen molar-refractivity contribution in [3.8, 4) is 5.75 Å². The van der Waals surface area contributed by atoms with Crippen LogP contribution in [0.15, 0.2) is 97.3 Å². The molecule has 4 heteroatoms. The highest BCUT2D eigenvalue weighted by atomic mass is 16.5. The second-order valence-electron chi connectivity index (χ2n) is 8.61. The zero-order valence-electron chi connectivity index (χ0n) is 18.9. The molecule has 33 heavy (non-hydrogen) atoms.